The second-order valence-electron chi connectivity index (χ2n) is 10.6. The Morgan fingerprint density at radius 3 is 2.07 bits per heavy atom. The Morgan fingerprint density at radius 1 is 0.844 bits per heavy atom. The average molecular weight is 642 g/mol. The Labute approximate surface area is 266 Å². The molecule has 0 bridgehead atoms. The molecule has 3 rings (SSSR count). The van der Waals surface area contributed by atoms with Crippen molar-refractivity contribution in [1.82, 2.24) is 10.2 Å². The van der Waals surface area contributed by atoms with Gasteiger partial charge in [-0.2, -0.15) is 0 Å². The summed E-state index contributed by atoms with van der Waals surface area (Å²) in [6.45, 7) is 6.86. The van der Waals surface area contributed by atoms with Gasteiger partial charge in [0.2, 0.25) is 11.8 Å². The second-order valence-corrected chi connectivity index (χ2v) is 12.5. The molecular formula is C33H43N3O8S. The van der Waals surface area contributed by atoms with E-state index in [0.29, 0.717) is 17.9 Å². The molecule has 1 N–H and O–H groups in total. The van der Waals surface area contributed by atoms with Crippen molar-refractivity contribution in [3.8, 4) is 23.0 Å². The zero-order valence-electron chi connectivity index (χ0n) is 27.1. The first-order chi connectivity index (χ1) is 21.4. The number of hydrogen-bond donors (Lipinski definition) is 1. The predicted octanol–water partition coefficient (Wildman–Crippen LogP) is 4.56. The van der Waals surface area contributed by atoms with Gasteiger partial charge in [0.25, 0.3) is 10.0 Å². The fraction of sp³-hybridized carbons (Fsp3) is 0.394. The molecule has 0 saturated heterocycles. The lowest BCUT2D eigenvalue weighted by Crippen LogP contribution is -2.53. The van der Waals surface area contributed by atoms with Gasteiger partial charge in [0, 0.05) is 24.7 Å². The standard InChI is InChI=1S/C33H43N3O8S/c1-9-27(33(38)34-22(2)3)35(20-24-13-11-10-12-23(24)4)32(37)21-36(28-18-25(41-5)14-16-29(28)42-6)45(39,40)26-15-17-30(43-7)31(19-26)44-8/h10-19,22,27H,9,20-21H2,1-8H3,(H,34,38)/t27-/m1/s1. The lowest BCUT2D eigenvalue weighted by atomic mass is 10.1. The van der Waals surface area contributed by atoms with Gasteiger partial charge in [-0.15, -0.1) is 0 Å². The van der Waals surface area contributed by atoms with Crippen molar-refractivity contribution < 1.29 is 37.0 Å². The number of hydrogen-bond acceptors (Lipinski definition) is 8. The van der Waals surface area contributed by atoms with Gasteiger partial charge < -0.3 is 29.2 Å². The van der Waals surface area contributed by atoms with Crippen LogP contribution in [0.1, 0.15) is 38.3 Å². The predicted molar refractivity (Wildman–Crippen MR) is 173 cm³/mol. The van der Waals surface area contributed by atoms with Crippen molar-refractivity contribution in [3.63, 3.8) is 0 Å². The maximum Gasteiger partial charge on any atom is 0.265 e. The fourth-order valence-corrected chi connectivity index (χ4v) is 6.31. The molecule has 244 valence electrons. The van der Waals surface area contributed by atoms with Gasteiger partial charge in [-0.1, -0.05) is 31.2 Å². The summed E-state index contributed by atoms with van der Waals surface area (Å²) in [7, 11) is 1.27. The molecule has 12 heteroatoms. The number of nitrogens with one attached hydrogen (secondary N) is 1. The van der Waals surface area contributed by atoms with Crippen LogP contribution in [0.3, 0.4) is 0 Å². The highest BCUT2D eigenvalue weighted by molar-refractivity contribution is 7.92. The van der Waals surface area contributed by atoms with E-state index in [9.17, 15) is 18.0 Å². The fourth-order valence-electron chi connectivity index (χ4n) is 4.88. The SMILES string of the molecule is CC[C@H](C(=O)NC(C)C)N(Cc1ccccc1C)C(=O)CN(c1cc(OC)ccc1OC)S(=O)(=O)c1ccc(OC)c(OC)c1. The molecule has 0 fully saturated rings. The molecule has 0 aliphatic carbocycles. The van der Waals surface area contributed by atoms with Gasteiger partial charge in [-0.05, 0) is 62.6 Å². The van der Waals surface area contributed by atoms with Crippen molar-refractivity contribution in [1.29, 1.82) is 0 Å². The van der Waals surface area contributed by atoms with E-state index in [0.717, 1.165) is 15.4 Å². The molecule has 0 spiro atoms. The van der Waals surface area contributed by atoms with Crippen LogP contribution in [0, 0.1) is 6.92 Å². The third kappa shape index (κ3) is 8.18. The van der Waals surface area contributed by atoms with Crippen molar-refractivity contribution in [3.05, 3.63) is 71.8 Å². The minimum atomic E-state index is -4.44. The van der Waals surface area contributed by atoms with Crippen LogP contribution < -0.4 is 28.6 Å². The topological polar surface area (TPSA) is 124 Å². The lowest BCUT2D eigenvalue weighted by Gasteiger charge is -2.34. The van der Waals surface area contributed by atoms with E-state index in [1.54, 1.807) is 12.1 Å². The smallest absolute Gasteiger partial charge is 0.265 e. The van der Waals surface area contributed by atoms with E-state index in [4.69, 9.17) is 18.9 Å². The first-order valence-corrected chi connectivity index (χ1v) is 16.0. The molecule has 0 aliphatic heterocycles. The maximum atomic E-state index is 14.4. The van der Waals surface area contributed by atoms with E-state index >= 15 is 0 Å². The Morgan fingerprint density at radius 2 is 1.49 bits per heavy atom. The van der Waals surface area contributed by atoms with Crippen molar-refractivity contribution in [2.45, 2.75) is 57.6 Å². The Kier molecular flexibility index (Phi) is 12.1. The number of anilines is 1. The molecule has 0 aromatic heterocycles. The van der Waals surface area contributed by atoms with Crippen molar-refractivity contribution >= 4 is 27.5 Å². The van der Waals surface area contributed by atoms with E-state index in [-0.39, 0.29) is 40.6 Å². The molecule has 2 amide bonds. The number of benzene rings is 3. The first-order valence-electron chi connectivity index (χ1n) is 14.5. The van der Waals surface area contributed by atoms with Gasteiger partial charge in [0.05, 0.1) is 39.0 Å². The number of sulfonamides is 1. The zero-order chi connectivity index (χ0) is 33.3. The zero-order valence-corrected chi connectivity index (χ0v) is 27.9. The highest BCUT2D eigenvalue weighted by atomic mass is 32.2. The summed E-state index contributed by atoms with van der Waals surface area (Å²) < 4.78 is 51.5. The molecule has 0 radical (unpaired) electrons. The minimum absolute atomic E-state index is 0.0792. The summed E-state index contributed by atoms with van der Waals surface area (Å²) in [5, 5.41) is 2.90. The normalized spacial score (nSPS) is 11.8. The minimum Gasteiger partial charge on any atom is -0.497 e. The molecule has 0 aliphatic rings. The number of aryl methyl sites for hydroxylation is 1. The van der Waals surface area contributed by atoms with E-state index in [1.165, 1.54) is 57.6 Å². The van der Waals surface area contributed by atoms with E-state index in [2.05, 4.69) is 5.32 Å². The quantitative estimate of drug-likeness (QED) is 0.256. The third-order valence-corrected chi connectivity index (χ3v) is 9.05. The van der Waals surface area contributed by atoms with Crippen LogP contribution >= 0.6 is 0 Å². The summed E-state index contributed by atoms with van der Waals surface area (Å²) in [6, 6.07) is 15.4. The number of nitrogens with zero attached hydrogens (tertiary/aromatic N) is 2. The number of carbonyl (C=O) groups excluding carboxylic acids is 2. The number of amides is 2. The van der Waals surface area contributed by atoms with E-state index in [1.807, 2.05) is 52.0 Å². The van der Waals surface area contributed by atoms with Gasteiger partial charge in [-0.3, -0.25) is 13.9 Å². The summed E-state index contributed by atoms with van der Waals surface area (Å²) in [6.07, 6.45) is 0.307. The molecule has 45 heavy (non-hydrogen) atoms. The van der Waals surface area contributed by atoms with Crippen LogP contribution in [0.4, 0.5) is 5.69 Å². The van der Waals surface area contributed by atoms with Crippen LogP contribution in [-0.4, -0.2) is 72.2 Å². The highest BCUT2D eigenvalue weighted by Gasteiger charge is 2.35. The Balaban J connectivity index is 2.21. The molecule has 3 aromatic carbocycles. The summed E-state index contributed by atoms with van der Waals surface area (Å²) in [5.74, 6) is 0.165. The number of rotatable bonds is 15. The third-order valence-electron chi connectivity index (χ3n) is 7.30. The summed E-state index contributed by atoms with van der Waals surface area (Å²) in [4.78, 5) is 29.1. The van der Waals surface area contributed by atoms with Gasteiger partial charge >= 0.3 is 0 Å². The maximum absolute atomic E-state index is 14.4. The van der Waals surface area contributed by atoms with Gasteiger partial charge in [-0.25, -0.2) is 8.42 Å². The molecule has 1 atom stereocenters. The summed E-state index contributed by atoms with van der Waals surface area (Å²) >= 11 is 0. The van der Waals surface area contributed by atoms with E-state index < -0.39 is 28.5 Å². The van der Waals surface area contributed by atoms with Crippen LogP contribution in [0.2, 0.25) is 0 Å². The number of ether oxygens (including phenoxy) is 4. The van der Waals surface area contributed by atoms with Gasteiger partial charge in [0.15, 0.2) is 11.5 Å². The Hall–Kier alpha value is -4.45. The van der Waals surface area contributed by atoms with Crippen molar-refractivity contribution in [2.75, 3.05) is 39.3 Å². The molecule has 3 aromatic rings. The molecule has 0 unspecified atom stereocenters. The summed E-state index contributed by atoms with van der Waals surface area (Å²) in [5.41, 5.74) is 1.84. The lowest BCUT2D eigenvalue weighted by molar-refractivity contribution is -0.140. The van der Waals surface area contributed by atoms with Crippen LogP contribution in [0.5, 0.6) is 23.0 Å². The van der Waals surface area contributed by atoms with Crippen LogP contribution in [0.25, 0.3) is 0 Å². The Bertz CT molecular complexity index is 1590. The monoisotopic (exact) mass is 641 g/mol. The number of carbonyl (C=O) groups is 2. The first kappa shape index (κ1) is 35.0. The molecule has 0 heterocycles. The highest BCUT2D eigenvalue weighted by Crippen LogP contribution is 2.38. The van der Waals surface area contributed by atoms with Gasteiger partial charge in [0.1, 0.15) is 24.1 Å². The molecule has 0 saturated carbocycles. The van der Waals surface area contributed by atoms with Crippen molar-refractivity contribution in [2.24, 2.45) is 0 Å². The molecule has 11 nitrogen and oxygen atoms in total. The largest absolute Gasteiger partial charge is 0.497 e. The number of methoxy groups -OCH3 is 4. The average Bonchev–Trinajstić information content (AvgIpc) is 3.03. The second kappa shape index (κ2) is 15.5. The molecular weight excluding hydrogens is 598 g/mol. The van der Waals surface area contributed by atoms with Crippen LogP contribution in [0.15, 0.2) is 65.6 Å². The van der Waals surface area contributed by atoms with Crippen LogP contribution in [-0.2, 0) is 26.2 Å².